The first-order chi connectivity index (χ1) is 7.77. The van der Waals surface area contributed by atoms with Crippen molar-refractivity contribution >= 4 is 11.8 Å². The Kier molecular flexibility index (Phi) is 6.53. The lowest BCUT2D eigenvalue weighted by Crippen LogP contribution is -2.12. The number of benzene rings is 1. The molecule has 1 aromatic carbocycles. The highest BCUT2D eigenvalue weighted by Crippen LogP contribution is 2.21. The Morgan fingerprint density at radius 1 is 1.38 bits per heavy atom. The van der Waals surface area contributed by atoms with Crippen LogP contribution >= 0.6 is 11.8 Å². The molecule has 3 heteroatoms. The normalized spacial score (nSPS) is 10.7. The number of hydrogen-bond donors (Lipinski definition) is 2. The second-order valence-electron chi connectivity index (χ2n) is 3.79. The Morgan fingerprint density at radius 2 is 2.19 bits per heavy atom. The van der Waals surface area contributed by atoms with Crippen LogP contribution < -0.4 is 5.32 Å². The predicted molar refractivity (Wildman–Crippen MR) is 71.0 cm³/mol. The maximum atomic E-state index is 8.72. The molecule has 0 spiro atoms. The second-order valence-corrected chi connectivity index (χ2v) is 4.96. The number of aliphatic hydroxyl groups excluding tert-OH is 1. The number of rotatable bonds is 7. The van der Waals surface area contributed by atoms with E-state index >= 15 is 0 Å². The van der Waals surface area contributed by atoms with Gasteiger partial charge in [0.1, 0.15) is 0 Å². The predicted octanol–water partition coefficient (Wildman–Crippen LogP) is 2.58. The minimum absolute atomic E-state index is 0.282. The van der Waals surface area contributed by atoms with Crippen molar-refractivity contribution in [3.05, 3.63) is 29.3 Å². The minimum Gasteiger partial charge on any atom is -0.396 e. The van der Waals surface area contributed by atoms with Gasteiger partial charge in [0.15, 0.2) is 0 Å². The molecule has 1 aromatic rings. The maximum absolute atomic E-state index is 8.72. The van der Waals surface area contributed by atoms with Crippen LogP contribution in [0, 0.1) is 6.92 Å². The second kappa shape index (κ2) is 7.71. The summed E-state index contributed by atoms with van der Waals surface area (Å²) in [6.07, 6.45) is 0.864. The average molecular weight is 239 g/mol. The molecule has 0 amide bonds. The topological polar surface area (TPSA) is 32.3 Å². The first-order valence-electron chi connectivity index (χ1n) is 5.81. The van der Waals surface area contributed by atoms with E-state index in [2.05, 4.69) is 37.4 Å². The van der Waals surface area contributed by atoms with Crippen molar-refractivity contribution in [2.75, 3.05) is 18.9 Å². The molecule has 1 rings (SSSR count). The van der Waals surface area contributed by atoms with E-state index in [1.807, 2.05) is 11.8 Å². The van der Waals surface area contributed by atoms with Gasteiger partial charge >= 0.3 is 0 Å². The number of aliphatic hydroxyl groups is 1. The summed E-state index contributed by atoms with van der Waals surface area (Å²) in [6, 6.07) is 6.59. The fraction of sp³-hybridized carbons (Fsp3) is 0.538. The highest BCUT2D eigenvalue weighted by atomic mass is 32.2. The van der Waals surface area contributed by atoms with Crippen LogP contribution in [0.3, 0.4) is 0 Å². The summed E-state index contributed by atoms with van der Waals surface area (Å²) in [7, 11) is 0. The van der Waals surface area contributed by atoms with Gasteiger partial charge in [-0.1, -0.05) is 13.0 Å². The van der Waals surface area contributed by atoms with E-state index in [4.69, 9.17) is 5.11 Å². The number of hydrogen-bond acceptors (Lipinski definition) is 3. The van der Waals surface area contributed by atoms with Crippen LogP contribution in [-0.2, 0) is 6.54 Å². The van der Waals surface area contributed by atoms with Crippen LogP contribution in [0.1, 0.15) is 24.5 Å². The SMILES string of the molecule is CCNCc1ccc(SCCCO)cc1C. The van der Waals surface area contributed by atoms with Crippen LogP contribution in [0.2, 0.25) is 0 Å². The molecule has 0 unspecified atom stereocenters. The van der Waals surface area contributed by atoms with E-state index in [9.17, 15) is 0 Å². The van der Waals surface area contributed by atoms with Crippen LogP contribution in [0.5, 0.6) is 0 Å². The Morgan fingerprint density at radius 3 is 2.81 bits per heavy atom. The van der Waals surface area contributed by atoms with Gasteiger partial charge in [-0.3, -0.25) is 0 Å². The molecule has 0 aliphatic carbocycles. The van der Waals surface area contributed by atoms with Crippen molar-refractivity contribution in [1.82, 2.24) is 5.32 Å². The van der Waals surface area contributed by atoms with Crippen molar-refractivity contribution in [2.45, 2.75) is 31.7 Å². The first-order valence-corrected chi connectivity index (χ1v) is 6.80. The van der Waals surface area contributed by atoms with Crippen LogP contribution in [-0.4, -0.2) is 24.0 Å². The molecule has 0 aromatic heterocycles. The largest absolute Gasteiger partial charge is 0.396 e. The molecule has 0 heterocycles. The summed E-state index contributed by atoms with van der Waals surface area (Å²) < 4.78 is 0. The van der Waals surface area contributed by atoms with Gasteiger partial charge in [-0.15, -0.1) is 11.8 Å². The van der Waals surface area contributed by atoms with Crippen molar-refractivity contribution in [2.24, 2.45) is 0 Å². The van der Waals surface area contributed by atoms with Gasteiger partial charge in [0.05, 0.1) is 0 Å². The zero-order valence-electron chi connectivity index (χ0n) is 10.1. The molecule has 2 nitrogen and oxygen atoms in total. The molecule has 90 valence electrons. The smallest absolute Gasteiger partial charge is 0.0439 e. The summed E-state index contributed by atoms with van der Waals surface area (Å²) in [6.45, 7) is 6.51. The van der Waals surface area contributed by atoms with E-state index in [1.165, 1.54) is 16.0 Å². The molecular weight excluding hydrogens is 218 g/mol. The van der Waals surface area contributed by atoms with Crippen LogP contribution in [0.25, 0.3) is 0 Å². The number of aryl methyl sites for hydroxylation is 1. The molecule has 0 fully saturated rings. The molecular formula is C13H21NOS. The molecule has 0 bridgehead atoms. The maximum Gasteiger partial charge on any atom is 0.0439 e. The lowest BCUT2D eigenvalue weighted by atomic mass is 10.1. The molecule has 16 heavy (non-hydrogen) atoms. The highest BCUT2D eigenvalue weighted by Gasteiger charge is 2.00. The van der Waals surface area contributed by atoms with Gasteiger partial charge in [-0.05, 0) is 43.1 Å². The van der Waals surface area contributed by atoms with Crippen molar-refractivity contribution in [1.29, 1.82) is 0 Å². The molecule has 2 N–H and O–H groups in total. The number of nitrogens with one attached hydrogen (secondary N) is 1. The standard InChI is InChI=1S/C13H21NOS/c1-3-14-10-12-5-6-13(9-11(12)2)16-8-4-7-15/h5-6,9,14-15H,3-4,7-8,10H2,1-2H3. The first kappa shape index (κ1) is 13.6. The van der Waals surface area contributed by atoms with Gasteiger partial charge in [0.2, 0.25) is 0 Å². The van der Waals surface area contributed by atoms with E-state index in [1.54, 1.807) is 0 Å². The summed E-state index contributed by atoms with van der Waals surface area (Å²) in [5.41, 5.74) is 2.71. The number of thioether (sulfide) groups is 1. The molecule has 0 radical (unpaired) electrons. The Hall–Kier alpha value is -0.510. The molecule has 0 saturated carbocycles. The van der Waals surface area contributed by atoms with E-state index in [0.717, 1.165) is 25.3 Å². The van der Waals surface area contributed by atoms with Crippen LogP contribution in [0.4, 0.5) is 0 Å². The van der Waals surface area contributed by atoms with Gasteiger partial charge in [-0.25, -0.2) is 0 Å². The van der Waals surface area contributed by atoms with Gasteiger partial charge in [-0.2, -0.15) is 0 Å². The lowest BCUT2D eigenvalue weighted by Gasteiger charge is -2.08. The van der Waals surface area contributed by atoms with Crippen molar-refractivity contribution in [3.63, 3.8) is 0 Å². The van der Waals surface area contributed by atoms with E-state index in [-0.39, 0.29) is 6.61 Å². The molecule has 0 atom stereocenters. The zero-order chi connectivity index (χ0) is 11.8. The highest BCUT2D eigenvalue weighted by molar-refractivity contribution is 7.99. The molecule has 0 saturated heterocycles. The van der Waals surface area contributed by atoms with Crippen molar-refractivity contribution in [3.8, 4) is 0 Å². The lowest BCUT2D eigenvalue weighted by molar-refractivity contribution is 0.296. The summed E-state index contributed by atoms with van der Waals surface area (Å²) in [5, 5.41) is 12.1. The van der Waals surface area contributed by atoms with Gasteiger partial charge in [0.25, 0.3) is 0 Å². The van der Waals surface area contributed by atoms with E-state index < -0.39 is 0 Å². The van der Waals surface area contributed by atoms with Crippen LogP contribution in [0.15, 0.2) is 23.1 Å². The Bertz CT molecular complexity index is 315. The molecule has 0 aliphatic rings. The summed E-state index contributed by atoms with van der Waals surface area (Å²) in [4.78, 5) is 1.30. The summed E-state index contributed by atoms with van der Waals surface area (Å²) in [5.74, 6) is 0.989. The Balaban J connectivity index is 2.53. The third kappa shape index (κ3) is 4.56. The van der Waals surface area contributed by atoms with Gasteiger partial charge < -0.3 is 10.4 Å². The fourth-order valence-electron chi connectivity index (χ4n) is 1.47. The monoisotopic (exact) mass is 239 g/mol. The van der Waals surface area contributed by atoms with Gasteiger partial charge in [0, 0.05) is 23.8 Å². The quantitative estimate of drug-likeness (QED) is 0.566. The third-order valence-electron chi connectivity index (χ3n) is 2.45. The van der Waals surface area contributed by atoms with Crippen molar-refractivity contribution < 1.29 is 5.11 Å². The average Bonchev–Trinajstić information content (AvgIpc) is 2.28. The molecule has 0 aliphatic heterocycles. The Labute approximate surface area is 102 Å². The van der Waals surface area contributed by atoms with E-state index in [0.29, 0.717) is 0 Å². The zero-order valence-corrected chi connectivity index (χ0v) is 10.9. The third-order valence-corrected chi connectivity index (χ3v) is 3.53. The fourth-order valence-corrected chi connectivity index (χ4v) is 2.40. The summed E-state index contributed by atoms with van der Waals surface area (Å²) >= 11 is 1.81. The minimum atomic E-state index is 0.282.